The molecular weight excluding hydrogens is 240 g/mol. The Hall–Kier alpha value is -2.55. The van der Waals surface area contributed by atoms with Crippen LogP contribution in [-0.4, -0.2) is 16.5 Å². The van der Waals surface area contributed by atoms with Crippen molar-refractivity contribution < 1.29 is 15.0 Å². The van der Waals surface area contributed by atoms with Gasteiger partial charge in [-0.2, -0.15) is 0 Å². The fourth-order valence-electron chi connectivity index (χ4n) is 1.39. The zero-order chi connectivity index (χ0) is 14.1. The molecule has 0 spiro atoms. The molecule has 2 N–H and O–H groups in total. The minimum absolute atomic E-state index is 0.0880. The summed E-state index contributed by atoms with van der Waals surface area (Å²) < 4.78 is 0. The van der Waals surface area contributed by atoms with E-state index in [0.717, 1.165) is 17.4 Å². The van der Waals surface area contributed by atoms with Gasteiger partial charge in [0, 0.05) is 6.07 Å². The molecule has 2 aromatic carbocycles. The van der Waals surface area contributed by atoms with Gasteiger partial charge in [0.15, 0.2) is 0 Å². The highest BCUT2D eigenvalue weighted by molar-refractivity contribution is 5.80. The predicted molar refractivity (Wildman–Crippen MR) is 75.9 cm³/mol. The molecule has 0 heterocycles. The Labute approximate surface area is 112 Å². The summed E-state index contributed by atoms with van der Waals surface area (Å²) in [5.74, 6) is 0.176. The number of allylic oxidation sites excluding steroid dienone is 2. The van der Waals surface area contributed by atoms with E-state index >= 15 is 0 Å². The highest BCUT2D eigenvalue weighted by Gasteiger charge is 1.90. The van der Waals surface area contributed by atoms with Crippen LogP contribution in [0.4, 0.5) is 0 Å². The van der Waals surface area contributed by atoms with Gasteiger partial charge in [-0.05, 0) is 36.3 Å². The topological polar surface area (TPSA) is 57.5 Å². The Kier molecular flexibility index (Phi) is 5.89. The second-order valence-electron chi connectivity index (χ2n) is 3.87. The fourth-order valence-corrected chi connectivity index (χ4v) is 1.39. The van der Waals surface area contributed by atoms with E-state index in [4.69, 9.17) is 10.2 Å². The van der Waals surface area contributed by atoms with Crippen molar-refractivity contribution in [1.82, 2.24) is 0 Å². The van der Waals surface area contributed by atoms with Gasteiger partial charge in [-0.15, -0.1) is 0 Å². The minimum atomic E-state index is 0.0880. The van der Waals surface area contributed by atoms with Crippen LogP contribution in [0.2, 0.25) is 0 Å². The van der Waals surface area contributed by atoms with Gasteiger partial charge in [0.05, 0.1) is 0 Å². The van der Waals surface area contributed by atoms with E-state index in [-0.39, 0.29) is 11.5 Å². The molecule has 0 amide bonds. The van der Waals surface area contributed by atoms with Gasteiger partial charge < -0.3 is 10.2 Å². The van der Waals surface area contributed by atoms with Crippen molar-refractivity contribution >= 4 is 11.9 Å². The highest BCUT2D eigenvalue weighted by atomic mass is 16.3. The van der Waals surface area contributed by atoms with Crippen LogP contribution in [0.25, 0.3) is 5.57 Å². The number of phenolic OH excluding ortho intramolecular Hbond substituents is 2. The van der Waals surface area contributed by atoms with E-state index in [0.29, 0.717) is 0 Å². The van der Waals surface area contributed by atoms with E-state index in [9.17, 15) is 4.79 Å². The first-order valence-corrected chi connectivity index (χ1v) is 5.79. The van der Waals surface area contributed by atoms with Gasteiger partial charge in [0.25, 0.3) is 0 Å². The zero-order valence-corrected chi connectivity index (χ0v) is 10.7. The lowest BCUT2D eigenvalue weighted by Crippen LogP contribution is -1.77. The molecule has 0 saturated heterocycles. The quantitative estimate of drug-likeness (QED) is 0.639. The maximum Gasteiger partial charge on any atom is 0.143 e. The molecule has 0 aromatic heterocycles. The number of carbonyl (C=O) groups excluding carboxylic acids is 1. The highest BCUT2D eigenvalue weighted by Crippen LogP contribution is 2.14. The van der Waals surface area contributed by atoms with E-state index in [1.165, 1.54) is 18.2 Å². The van der Waals surface area contributed by atoms with Crippen molar-refractivity contribution in [2.45, 2.75) is 6.92 Å². The summed E-state index contributed by atoms with van der Waals surface area (Å²) in [5, 5.41) is 17.3. The van der Waals surface area contributed by atoms with Crippen molar-refractivity contribution in [2.75, 3.05) is 0 Å². The lowest BCUT2D eigenvalue weighted by Gasteiger charge is -1.96. The van der Waals surface area contributed by atoms with Crippen LogP contribution in [0.15, 0.2) is 60.7 Å². The summed E-state index contributed by atoms with van der Waals surface area (Å²) in [7, 11) is 0. The molecule has 0 unspecified atom stereocenters. The van der Waals surface area contributed by atoms with Gasteiger partial charge in [0.2, 0.25) is 0 Å². The van der Waals surface area contributed by atoms with Crippen LogP contribution in [0, 0.1) is 0 Å². The van der Waals surface area contributed by atoms with Crippen molar-refractivity contribution in [3.8, 4) is 11.5 Å². The maximum atomic E-state index is 10.1. The second kappa shape index (κ2) is 7.71. The summed E-state index contributed by atoms with van der Waals surface area (Å²) in [6.45, 7) is 1.92. The number of aromatic hydroxyl groups is 2. The summed E-state index contributed by atoms with van der Waals surface area (Å²) in [4.78, 5) is 10.1. The molecule has 0 aliphatic carbocycles. The van der Waals surface area contributed by atoms with Crippen molar-refractivity contribution in [1.29, 1.82) is 0 Å². The summed E-state index contributed by atoms with van der Waals surface area (Å²) >= 11 is 0. The lowest BCUT2D eigenvalue weighted by molar-refractivity contribution is -0.104. The molecule has 0 aliphatic rings. The summed E-state index contributed by atoms with van der Waals surface area (Å²) in [5.41, 5.74) is 2.10. The van der Waals surface area contributed by atoms with Crippen molar-refractivity contribution in [3.05, 3.63) is 66.2 Å². The van der Waals surface area contributed by atoms with Gasteiger partial charge in [-0.3, -0.25) is 4.79 Å². The van der Waals surface area contributed by atoms with Gasteiger partial charge >= 0.3 is 0 Å². The van der Waals surface area contributed by atoms with E-state index < -0.39 is 0 Å². The zero-order valence-electron chi connectivity index (χ0n) is 10.7. The van der Waals surface area contributed by atoms with Gasteiger partial charge in [0.1, 0.15) is 17.8 Å². The normalized spacial score (nSPS) is 10.3. The molecule has 0 bridgehead atoms. The smallest absolute Gasteiger partial charge is 0.143 e. The number of aldehydes is 1. The predicted octanol–water partition coefficient (Wildman–Crippen LogP) is 3.39. The number of carbonyl (C=O) groups is 1. The molecule has 3 heteroatoms. The molecular formula is C16H16O3. The number of rotatable bonds is 2. The van der Waals surface area contributed by atoms with Crippen LogP contribution in [0.1, 0.15) is 12.5 Å². The number of hydrogen-bond donors (Lipinski definition) is 2. The second-order valence-corrected chi connectivity index (χ2v) is 3.87. The summed E-state index contributed by atoms with van der Waals surface area (Å²) in [6, 6.07) is 15.7. The Morgan fingerprint density at radius 2 is 1.53 bits per heavy atom. The number of benzene rings is 2. The van der Waals surface area contributed by atoms with Crippen LogP contribution < -0.4 is 0 Å². The van der Waals surface area contributed by atoms with E-state index in [1.807, 2.05) is 37.3 Å². The van der Waals surface area contributed by atoms with Crippen LogP contribution in [0.5, 0.6) is 11.5 Å². The fraction of sp³-hybridized carbons (Fsp3) is 0.0625. The average molecular weight is 256 g/mol. The van der Waals surface area contributed by atoms with Crippen LogP contribution in [0.3, 0.4) is 0 Å². The minimum Gasteiger partial charge on any atom is -0.508 e. The molecule has 3 nitrogen and oxygen atoms in total. The average Bonchev–Trinajstić information content (AvgIpc) is 2.40. The van der Waals surface area contributed by atoms with E-state index in [2.05, 4.69) is 0 Å². The molecule has 19 heavy (non-hydrogen) atoms. The SMILES string of the molecule is CC(=CC=O)c1ccccc1.Oc1cccc(O)c1. The number of phenols is 2. The third-order valence-corrected chi connectivity index (χ3v) is 2.38. The first-order valence-electron chi connectivity index (χ1n) is 5.79. The lowest BCUT2D eigenvalue weighted by atomic mass is 10.1. The molecule has 2 aromatic rings. The van der Waals surface area contributed by atoms with Crippen LogP contribution >= 0.6 is 0 Å². The third kappa shape index (κ3) is 5.55. The third-order valence-electron chi connectivity index (χ3n) is 2.38. The first-order chi connectivity index (χ1) is 9.13. The largest absolute Gasteiger partial charge is 0.508 e. The van der Waals surface area contributed by atoms with Crippen LogP contribution in [-0.2, 0) is 4.79 Å². The Morgan fingerprint density at radius 3 is 1.95 bits per heavy atom. The van der Waals surface area contributed by atoms with Gasteiger partial charge in [-0.25, -0.2) is 0 Å². The van der Waals surface area contributed by atoms with Crippen molar-refractivity contribution in [3.63, 3.8) is 0 Å². The molecule has 98 valence electrons. The molecule has 0 fully saturated rings. The molecule has 0 aliphatic heterocycles. The Morgan fingerprint density at radius 1 is 0.947 bits per heavy atom. The standard InChI is InChI=1S/C10H10O.C6H6O2/c1-9(7-8-11)10-5-3-2-4-6-10;7-5-2-1-3-6(8)4-5/h2-8H,1H3;1-4,7-8H. The van der Waals surface area contributed by atoms with Gasteiger partial charge in [-0.1, -0.05) is 36.4 Å². The molecule has 0 atom stereocenters. The molecule has 2 rings (SSSR count). The maximum absolute atomic E-state index is 10.1. The molecule has 0 radical (unpaired) electrons. The monoisotopic (exact) mass is 256 g/mol. The Balaban J connectivity index is 0.000000200. The van der Waals surface area contributed by atoms with E-state index in [1.54, 1.807) is 12.1 Å². The van der Waals surface area contributed by atoms with Crippen molar-refractivity contribution in [2.24, 2.45) is 0 Å². The molecule has 0 saturated carbocycles. The Bertz CT molecular complexity index is 528. The first kappa shape index (κ1) is 14.5. The summed E-state index contributed by atoms with van der Waals surface area (Å²) in [6.07, 6.45) is 2.37. The number of hydrogen-bond acceptors (Lipinski definition) is 3.